The van der Waals surface area contributed by atoms with Crippen LogP contribution in [0.25, 0.3) is 11.6 Å². The summed E-state index contributed by atoms with van der Waals surface area (Å²) in [6, 6.07) is 2.80. The van der Waals surface area contributed by atoms with Crippen LogP contribution in [0.5, 0.6) is 0 Å². The minimum atomic E-state index is -0.392. The summed E-state index contributed by atoms with van der Waals surface area (Å²) in [7, 11) is 0. The third-order valence-electron chi connectivity index (χ3n) is 1.95. The van der Waals surface area contributed by atoms with Gasteiger partial charge in [-0.2, -0.15) is 4.98 Å². The normalized spacial score (nSPS) is 10.6. The highest BCUT2D eigenvalue weighted by atomic mass is 19.1. The van der Waals surface area contributed by atoms with E-state index in [0.717, 1.165) is 12.7 Å². The Hall–Kier alpha value is -1.82. The van der Waals surface area contributed by atoms with Crippen molar-refractivity contribution in [1.29, 1.82) is 0 Å². The summed E-state index contributed by atoms with van der Waals surface area (Å²) in [5.41, 5.74) is 0.469. The van der Waals surface area contributed by atoms with E-state index in [-0.39, 0.29) is 0 Å². The molecule has 2 aromatic heterocycles. The molecular formula is C10H11FN4O. The Bertz CT molecular complexity index is 454. The van der Waals surface area contributed by atoms with Gasteiger partial charge in [-0.1, -0.05) is 12.1 Å². The molecule has 1 N–H and O–H groups in total. The van der Waals surface area contributed by atoms with E-state index in [4.69, 9.17) is 4.52 Å². The predicted molar refractivity (Wildman–Crippen MR) is 54.9 cm³/mol. The number of nitrogens with zero attached hydrogens (tertiary/aromatic N) is 3. The van der Waals surface area contributed by atoms with Crippen LogP contribution in [-0.4, -0.2) is 21.7 Å². The Labute approximate surface area is 91.7 Å². The second-order valence-electron chi connectivity index (χ2n) is 3.16. The summed E-state index contributed by atoms with van der Waals surface area (Å²) in [6.45, 7) is 3.36. The second-order valence-corrected chi connectivity index (χ2v) is 3.16. The minimum absolute atomic E-state index is 0.299. The van der Waals surface area contributed by atoms with Gasteiger partial charge in [-0.05, 0) is 18.7 Å². The molecule has 84 valence electrons. The molecule has 0 atom stereocenters. The van der Waals surface area contributed by atoms with E-state index in [0.29, 0.717) is 24.0 Å². The summed E-state index contributed by atoms with van der Waals surface area (Å²) in [5, 5.41) is 6.84. The SMILES string of the molecule is CCNCc1noc(-c2ccc(F)cn2)n1. The lowest BCUT2D eigenvalue weighted by atomic mass is 10.3. The molecule has 0 saturated heterocycles. The van der Waals surface area contributed by atoms with Crippen molar-refractivity contribution in [2.45, 2.75) is 13.5 Å². The largest absolute Gasteiger partial charge is 0.332 e. The monoisotopic (exact) mass is 222 g/mol. The van der Waals surface area contributed by atoms with Crippen molar-refractivity contribution in [1.82, 2.24) is 20.4 Å². The van der Waals surface area contributed by atoms with Crippen molar-refractivity contribution in [3.8, 4) is 11.6 Å². The van der Waals surface area contributed by atoms with Crippen molar-refractivity contribution in [2.75, 3.05) is 6.54 Å². The summed E-state index contributed by atoms with van der Waals surface area (Å²) in [6.07, 6.45) is 1.11. The van der Waals surface area contributed by atoms with E-state index in [9.17, 15) is 4.39 Å². The standard InChI is InChI=1S/C10H11FN4O/c1-2-12-6-9-14-10(16-15-9)8-4-3-7(11)5-13-8/h3-5,12H,2,6H2,1H3. The van der Waals surface area contributed by atoms with Crippen LogP contribution in [0, 0.1) is 5.82 Å². The zero-order valence-corrected chi connectivity index (χ0v) is 8.77. The van der Waals surface area contributed by atoms with Crippen LogP contribution in [0.2, 0.25) is 0 Å². The number of hydrogen-bond acceptors (Lipinski definition) is 5. The summed E-state index contributed by atoms with van der Waals surface area (Å²) in [4.78, 5) is 7.97. The Balaban J connectivity index is 2.15. The van der Waals surface area contributed by atoms with Gasteiger partial charge in [0.25, 0.3) is 5.89 Å². The predicted octanol–water partition coefficient (Wildman–Crippen LogP) is 1.38. The van der Waals surface area contributed by atoms with E-state index >= 15 is 0 Å². The van der Waals surface area contributed by atoms with Crippen molar-refractivity contribution < 1.29 is 8.91 Å². The van der Waals surface area contributed by atoms with E-state index in [1.807, 2.05) is 6.92 Å². The quantitative estimate of drug-likeness (QED) is 0.846. The number of pyridine rings is 1. The summed E-state index contributed by atoms with van der Waals surface area (Å²) < 4.78 is 17.6. The zero-order valence-electron chi connectivity index (χ0n) is 8.77. The second kappa shape index (κ2) is 4.80. The van der Waals surface area contributed by atoms with Crippen LogP contribution in [0.1, 0.15) is 12.7 Å². The minimum Gasteiger partial charge on any atom is -0.332 e. The van der Waals surface area contributed by atoms with Crippen LogP contribution in [0.15, 0.2) is 22.9 Å². The first-order chi connectivity index (χ1) is 7.79. The third-order valence-corrected chi connectivity index (χ3v) is 1.95. The lowest BCUT2D eigenvalue weighted by Crippen LogP contribution is -2.12. The molecule has 2 aromatic rings. The van der Waals surface area contributed by atoms with E-state index < -0.39 is 5.82 Å². The summed E-state index contributed by atoms with van der Waals surface area (Å²) >= 11 is 0. The fraction of sp³-hybridized carbons (Fsp3) is 0.300. The molecule has 0 unspecified atom stereocenters. The summed E-state index contributed by atoms with van der Waals surface area (Å²) in [5.74, 6) is 0.465. The average molecular weight is 222 g/mol. The van der Waals surface area contributed by atoms with Gasteiger partial charge < -0.3 is 9.84 Å². The maximum absolute atomic E-state index is 12.6. The molecular weight excluding hydrogens is 211 g/mol. The van der Waals surface area contributed by atoms with Crippen molar-refractivity contribution in [2.24, 2.45) is 0 Å². The molecule has 0 saturated carbocycles. The number of aromatic nitrogens is 3. The van der Waals surface area contributed by atoms with Gasteiger partial charge in [-0.3, -0.25) is 0 Å². The number of rotatable bonds is 4. The van der Waals surface area contributed by atoms with Gasteiger partial charge in [-0.15, -0.1) is 0 Å². The first-order valence-corrected chi connectivity index (χ1v) is 4.95. The van der Waals surface area contributed by atoms with Gasteiger partial charge >= 0.3 is 0 Å². The van der Waals surface area contributed by atoms with Crippen LogP contribution in [0.4, 0.5) is 4.39 Å². The van der Waals surface area contributed by atoms with E-state index in [1.165, 1.54) is 12.1 Å². The maximum Gasteiger partial charge on any atom is 0.276 e. The van der Waals surface area contributed by atoms with Gasteiger partial charge in [0.15, 0.2) is 5.82 Å². The highest BCUT2D eigenvalue weighted by Gasteiger charge is 2.09. The van der Waals surface area contributed by atoms with E-state index in [2.05, 4.69) is 20.4 Å². The molecule has 0 aliphatic carbocycles. The highest BCUT2D eigenvalue weighted by molar-refractivity contribution is 5.45. The molecule has 6 heteroatoms. The molecule has 16 heavy (non-hydrogen) atoms. The van der Waals surface area contributed by atoms with Gasteiger partial charge in [-0.25, -0.2) is 9.37 Å². The van der Waals surface area contributed by atoms with Crippen LogP contribution in [-0.2, 0) is 6.54 Å². The van der Waals surface area contributed by atoms with Crippen LogP contribution in [0.3, 0.4) is 0 Å². The van der Waals surface area contributed by atoms with Gasteiger partial charge in [0.05, 0.1) is 12.7 Å². The lowest BCUT2D eigenvalue weighted by Gasteiger charge is -1.93. The molecule has 0 aliphatic rings. The Morgan fingerprint density at radius 1 is 1.44 bits per heavy atom. The average Bonchev–Trinajstić information content (AvgIpc) is 2.76. The topological polar surface area (TPSA) is 63.8 Å². The van der Waals surface area contributed by atoms with Crippen molar-refractivity contribution >= 4 is 0 Å². The number of hydrogen-bond donors (Lipinski definition) is 1. The lowest BCUT2D eigenvalue weighted by molar-refractivity contribution is 0.418. The molecule has 0 aromatic carbocycles. The van der Waals surface area contributed by atoms with Gasteiger partial charge in [0, 0.05) is 0 Å². The van der Waals surface area contributed by atoms with Crippen LogP contribution >= 0.6 is 0 Å². The first kappa shape index (κ1) is 10.7. The molecule has 2 rings (SSSR count). The highest BCUT2D eigenvalue weighted by Crippen LogP contribution is 2.13. The van der Waals surface area contributed by atoms with Gasteiger partial charge in [0.2, 0.25) is 0 Å². The Morgan fingerprint density at radius 2 is 2.31 bits per heavy atom. The molecule has 2 heterocycles. The number of halogens is 1. The maximum atomic E-state index is 12.6. The molecule has 0 fully saturated rings. The number of nitrogens with one attached hydrogen (secondary N) is 1. The van der Waals surface area contributed by atoms with E-state index in [1.54, 1.807) is 0 Å². The molecule has 5 nitrogen and oxygen atoms in total. The Morgan fingerprint density at radius 3 is 3.00 bits per heavy atom. The van der Waals surface area contributed by atoms with Crippen molar-refractivity contribution in [3.63, 3.8) is 0 Å². The van der Waals surface area contributed by atoms with Crippen LogP contribution < -0.4 is 5.32 Å². The molecule has 0 bridgehead atoms. The molecule has 0 radical (unpaired) electrons. The van der Waals surface area contributed by atoms with Crippen molar-refractivity contribution in [3.05, 3.63) is 30.0 Å². The molecule has 0 amide bonds. The zero-order chi connectivity index (χ0) is 11.4. The smallest absolute Gasteiger partial charge is 0.276 e. The Kier molecular flexibility index (Phi) is 3.21. The fourth-order valence-electron chi connectivity index (χ4n) is 1.17. The first-order valence-electron chi connectivity index (χ1n) is 4.95. The fourth-order valence-corrected chi connectivity index (χ4v) is 1.17. The van der Waals surface area contributed by atoms with Gasteiger partial charge in [0.1, 0.15) is 11.5 Å². The third kappa shape index (κ3) is 2.40. The molecule has 0 aliphatic heterocycles. The molecule has 0 spiro atoms.